The van der Waals surface area contributed by atoms with E-state index < -0.39 is 5.60 Å². The molecule has 4 nitrogen and oxygen atoms in total. The van der Waals surface area contributed by atoms with Crippen molar-refractivity contribution in [2.75, 3.05) is 0 Å². The molecule has 3 N–H and O–H groups in total. The second-order valence-electron chi connectivity index (χ2n) is 9.56. The van der Waals surface area contributed by atoms with E-state index in [1.807, 2.05) is 0 Å². The summed E-state index contributed by atoms with van der Waals surface area (Å²) in [6.07, 6.45) is 6.88. The largest absolute Gasteiger partial charge is 0.396 e. The lowest BCUT2D eigenvalue weighted by Gasteiger charge is -2.59. The Labute approximate surface area is 150 Å². The maximum Gasteiger partial charge on any atom is 0.178 e. The van der Waals surface area contributed by atoms with Crippen molar-refractivity contribution in [3.8, 4) is 0 Å². The zero-order valence-corrected chi connectivity index (χ0v) is 15.7. The molecule has 3 saturated carbocycles. The third-order valence-corrected chi connectivity index (χ3v) is 8.90. The van der Waals surface area contributed by atoms with Gasteiger partial charge in [-0.25, -0.2) is 0 Å². The second kappa shape index (κ2) is 5.18. The lowest BCUT2D eigenvalue weighted by Crippen LogP contribution is -2.57. The van der Waals surface area contributed by atoms with Gasteiger partial charge in [0.1, 0.15) is 5.60 Å². The van der Waals surface area contributed by atoms with Crippen LogP contribution >= 0.6 is 0 Å². The highest BCUT2D eigenvalue weighted by Crippen LogP contribution is 2.67. The van der Waals surface area contributed by atoms with Gasteiger partial charge in [-0.1, -0.05) is 13.8 Å². The summed E-state index contributed by atoms with van der Waals surface area (Å²) in [6.45, 7) is 6.01. The predicted octanol–water partition coefficient (Wildman–Crippen LogP) is 3.12. The fourth-order valence-electron chi connectivity index (χ4n) is 7.35. The molecule has 0 aromatic heterocycles. The Bertz CT molecular complexity index is 683. The minimum Gasteiger partial charge on any atom is -0.396 e. The van der Waals surface area contributed by atoms with Crippen molar-refractivity contribution in [1.29, 1.82) is 0 Å². The highest BCUT2D eigenvalue weighted by Gasteiger charge is 2.65. The number of nitrogens with two attached hydrogens (primary N) is 1. The van der Waals surface area contributed by atoms with Crippen molar-refractivity contribution < 1.29 is 14.7 Å². The van der Waals surface area contributed by atoms with E-state index in [9.17, 15) is 14.7 Å². The molecule has 0 radical (unpaired) electrons. The minimum absolute atomic E-state index is 0.0270. The summed E-state index contributed by atoms with van der Waals surface area (Å²) in [6, 6.07) is 0. The van der Waals surface area contributed by atoms with E-state index in [4.69, 9.17) is 5.73 Å². The first-order valence-electron chi connectivity index (χ1n) is 9.91. The summed E-state index contributed by atoms with van der Waals surface area (Å²) in [5.74, 6) is 1.51. The van der Waals surface area contributed by atoms with Crippen LogP contribution in [0.25, 0.3) is 0 Å². The minimum atomic E-state index is -1.15. The van der Waals surface area contributed by atoms with E-state index in [2.05, 4.69) is 13.8 Å². The number of carbonyl (C=O) groups is 2. The lowest BCUT2D eigenvalue weighted by molar-refractivity contribution is -0.160. The monoisotopic (exact) mass is 345 g/mol. The van der Waals surface area contributed by atoms with Gasteiger partial charge < -0.3 is 10.8 Å². The molecule has 0 aromatic rings. The predicted molar refractivity (Wildman–Crippen MR) is 95.5 cm³/mol. The van der Waals surface area contributed by atoms with E-state index in [0.717, 1.165) is 38.5 Å². The number of allylic oxidation sites excluding steroid dienone is 1. The molecule has 0 saturated heterocycles. The number of Topliss-reactive ketones (excluding diaryl/α,β-unsaturated/α-hetero) is 2. The van der Waals surface area contributed by atoms with Crippen molar-refractivity contribution in [1.82, 2.24) is 0 Å². The third kappa shape index (κ3) is 1.98. The molecule has 3 fully saturated rings. The van der Waals surface area contributed by atoms with Gasteiger partial charge in [-0.15, -0.1) is 0 Å². The second-order valence-corrected chi connectivity index (χ2v) is 9.56. The molecular weight excluding hydrogens is 314 g/mol. The summed E-state index contributed by atoms with van der Waals surface area (Å²) >= 11 is 0. The molecule has 4 aliphatic rings. The van der Waals surface area contributed by atoms with Gasteiger partial charge >= 0.3 is 0 Å². The summed E-state index contributed by atoms with van der Waals surface area (Å²) in [5.41, 5.74) is 6.52. The normalized spacial score (nSPS) is 49.4. The molecule has 0 bridgehead atoms. The van der Waals surface area contributed by atoms with Crippen LogP contribution in [0.3, 0.4) is 0 Å². The van der Waals surface area contributed by atoms with Crippen LogP contribution in [0, 0.1) is 28.6 Å². The van der Waals surface area contributed by atoms with Crippen LogP contribution in [0.5, 0.6) is 0 Å². The highest BCUT2D eigenvalue weighted by molar-refractivity contribution is 5.96. The fourth-order valence-corrected chi connectivity index (χ4v) is 7.35. The van der Waals surface area contributed by atoms with Crippen LogP contribution in [0.15, 0.2) is 11.3 Å². The summed E-state index contributed by atoms with van der Waals surface area (Å²) in [7, 11) is 0. The molecule has 138 valence electrons. The molecule has 0 amide bonds. The molecule has 0 heterocycles. The molecule has 0 aromatic carbocycles. The van der Waals surface area contributed by atoms with Gasteiger partial charge in [0, 0.05) is 11.8 Å². The maximum absolute atomic E-state index is 12.2. The first kappa shape index (κ1) is 17.3. The number of hydrogen-bond donors (Lipinski definition) is 2. The van der Waals surface area contributed by atoms with Crippen molar-refractivity contribution in [2.45, 2.75) is 77.7 Å². The Morgan fingerprint density at radius 1 is 1.08 bits per heavy atom. The maximum atomic E-state index is 12.2. The highest BCUT2D eigenvalue weighted by atomic mass is 16.3. The van der Waals surface area contributed by atoms with Gasteiger partial charge in [-0.3, -0.25) is 9.59 Å². The van der Waals surface area contributed by atoms with Gasteiger partial charge in [0.25, 0.3) is 0 Å². The average Bonchev–Trinajstić information content (AvgIpc) is 2.84. The van der Waals surface area contributed by atoms with Crippen molar-refractivity contribution in [2.24, 2.45) is 34.3 Å². The van der Waals surface area contributed by atoms with Crippen molar-refractivity contribution >= 4 is 11.6 Å². The summed E-state index contributed by atoms with van der Waals surface area (Å²) in [4.78, 5) is 24.3. The molecular formula is C21H31NO3. The number of hydrogen-bond acceptors (Lipinski definition) is 4. The van der Waals surface area contributed by atoms with Crippen LogP contribution in [-0.2, 0) is 9.59 Å². The Hall–Kier alpha value is -1.16. The first-order chi connectivity index (χ1) is 11.6. The summed E-state index contributed by atoms with van der Waals surface area (Å²) < 4.78 is 0. The Morgan fingerprint density at radius 3 is 2.44 bits per heavy atom. The molecule has 0 spiro atoms. The van der Waals surface area contributed by atoms with Crippen LogP contribution in [0.2, 0.25) is 0 Å². The number of carbonyl (C=O) groups excluding carboxylic acids is 2. The topological polar surface area (TPSA) is 80.4 Å². The standard InChI is InChI=1S/C21H31NO3/c1-12(23)21(25)11-7-15-13-4-5-16-18(22)17(24)8-9-19(16,2)14(13)6-10-20(15,21)3/h13-15,25H,4-11,22H2,1-3H3/t13-,14+,15+,19-,20+,21+/m1/s1. The molecule has 0 unspecified atom stereocenters. The van der Waals surface area contributed by atoms with Crippen LogP contribution in [0.1, 0.15) is 72.1 Å². The number of aliphatic hydroxyl groups is 1. The van der Waals surface area contributed by atoms with Gasteiger partial charge in [-0.05, 0) is 80.6 Å². The number of ketones is 2. The SMILES string of the molecule is CC(=O)[C@@]1(O)CC[C@H]2[C@@H]3CCC4=C(N)C(=O)CC[C@]4(C)[C@H]3CC[C@@]21C. The van der Waals surface area contributed by atoms with E-state index in [-0.39, 0.29) is 22.4 Å². The first-order valence-corrected chi connectivity index (χ1v) is 9.91. The molecule has 6 atom stereocenters. The zero-order chi connectivity index (χ0) is 18.2. The molecule has 25 heavy (non-hydrogen) atoms. The third-order valence-electron chi connectivity index (χ3n) is 8.90. The van der Waals surface area contributed by atoms with Crippen LogP contribution in [0.4, 0.5) is 0 Å². The van der Waals surface area contributed by atoms with Gasteiger partial charge in [0.05, 0.1) is 5.70 Å². The van der Waals surface area contributed by atoms with Crippen molar-refractivity contribution in [3.63, 3.8) is 0 Å². The summed E-state index contributed by atoms with van der Waals surface area (Å²) in [5, 5.41) is 11.2. The van der Waals surface area contributed by atoms with Gasteiger partial charge in [-0.2, -0.15) is 0 Å². The molecule has 4 aliphatic carbocycles. The van der Waals surface area contributed by atoms with E-state index in [1.54, 1.807) is 6.92 Å². The lowest BCUT2D eigenvalue weighted by atomic mass is 9.46. The quantitative estimate of drug-likeness (QED) is 0.765. The molecule has 0 aliphatic heterocycles. The number of rotatable bonds is 1. The molecule has 4 heteroatoms. The van der Waals surface area contributed by atoms with Crippen molar-refractivity contribution in [3.05, 3.63) is 11.3 Å². The van der Waals surface area contributed by atoms with E-state index in [1.165, 1.54) is 5.57 Å². The molecule has 4 rings (SSSR count). The zero-order valence-electron chi connectivity index (χ0n) is 15.7. The van der Waals surface area contributed by atoms with Gasteiger partial charge in [0.2, 0.25) is 0 Å². The Morgan fingerprint density at radius 2 is 1.76 bits per heavy atom. The number of fused-ring (bicyclic) bond motifs is 5. The van der Waals surface area contributed by atoms with Gasteiger partial charge in [0.15, 0.2) is 11.6 Å². The van der Waals surface area contributed by atoms with E-state index in [0.29, 0.717) is 36.3 Å². The fraction of sp³-hybridized carbons (Fsp3) is 0.810. The van der Waals surface area contributed by atoms with E-state index >= 15 is 0 Å². The Kier molecular flexibility index (Phi) is 3.58. The average molecular weight is 345 g/mol. The van der Waals surface area contributed by atoms with Crippen LogP contribution in [-0.4, -0.2) is 22.3 Å². The smallest absolute Gasteiger partial charge is 0.178 e. The Balaban J connectivity index is 1.72. The van der Waals surface area contributed by atoms with Crippen LogP contribution < -0.4 is 5.73 Å².